The minimum Gasteiger partial charge on any atom is -0.466 e. The number of likely N-dealkylation sites (N-methyl/N-ethyl adjacent to an activating group) is 1. The predicted octanol–water partition coefficient (Wildman–Crippen LogP) is 2.05. The number of likely N-dealkylation sites (tertiary alicyclic amines) is 1. The van der Waals surface area contributed by atoms with Crippen LogP contribution in [0.5, 0.6) is 0 Å². The van der Waals surface area contributed by atoms with Crippen LogP contribution in [0.4, 0.5) is 0 Å². The summed E-state index contributed by atoms with van der Waals surface area (Å²) in [6.45, 7) is 4.83. The second-order valence-corrected chi connectivity index (χ2v) is 7.51. The molecule has 3 rings (SSSR count). The van der Waals surface area contributed by atoms with Gasteiger partial charge in [-0.3, -0.25) is 14.4 Å². The van der Waals surface area contributed by atoms with E-state index in [0.29, 0.717) is 26.1 Å². The molecule has 30 heavy (non-hydrogen) atoms. The highest BCUT2D eigenvalue weighted by Gasteiger charge is 2.30. The summed E-state index contributed by atoms with van der Waals surface area (Å²) in [6.07, 6.45) is 1.46. The summed E-state index contributed by atoms with van der Waals surface area (Å²) in [5, 5.41) is 4.42. The van der Waals surface area contributed by atoms with Gasteiger partial charge in [-0.05, 0) is 44.9 Å². The van der Waals surface area contributed by atoms with Crippen LogP contribution in [0.15, 0.2) is 36.4 Å². The Morgan fingerprint density at radius 1 is 1.23 bits per heavy atom. The zero-order valence-electron chi connectivity index (χ0n) is 17.7. The first-order valence-corrected chi connectivity index (χ1v) is 10.2. The zero-order chi connectivity index (χ0) is 21.7. The Bertz CT molecular complexity index is 909. The van der Waals surface area contributed by atoms with Crippen molar-refractivity contribution < 1.29 is 19.1 Å². The van der Waals surface area contributed by atoms with Crippen molar-refractivity contribution in [3.8, 4) is 5.69 Å². The zero-order valence-corrected chi connectivity index (χ0v) is 17.7. The summed E-state index contributed by atoms with van der Waals surface area (Å²) >= 11 is 0. The van der Waals surface area contributed by atoms with E-state index < -0.39 is 0 Å². The lowest BCUT2D eigenvalue weighted by Crippen LogP contribution is -2.47. The van der Waals surface area contributed by atoms with Crippen LogP contribution in [-0.2, 0) is 14.3 Å². The molecule has 0 aliphatic carbocycles. The van der Waals surface area contributed by atoms with Crippen LogP contribution in [0.2, 0.25) is 0 Å². The highest BCUT2D eigenvalue weighted by molar-refractivity contribution is 5.95. The number of rotatable bonds is 6. The number of aromatic nitrogens is 2. The molecule has 2 amide bonds. The summed E-state index contributed by atoms with van der Waals surface area (Å²) < 4.78 is 6.79. The number of hydrogen-bond donors (Lipinski definition) is 0. The highest BCUT2D eigenvalue weighted by atomic mass is 16.5. The predicted molar refractivity (Wildman–Crippen MR) is 111 cm³/mol. The largest absolute Gasteiger partial charge is 0.466 e. The molecule has 1 saturated heterocycles. The molecular formula is C22H28N4O4. The monoisotopic (exact) mass is 412 g/mol. The first-order valence-electron chi connectivity index (χ1n) is 10.2. The summed E-state index contributed by atoms with van der Waals surface area (Å²) in [4.78, 5) is 40.5. The smallest absolute Gasteiger partial charge is 0.310 e. The molecule has 1 unspecified atom stereocenters. The summed E-state index contributed by atoms with van der Waals surface area (Å²) in [5.74, 6) is -1.06. The van der Waals surface area contributed by atoms with Gasteiger partial charge in [0, 0.05) is 25.8 Å². The van der Waals surface area contributed by atoms with Crippen molar-refractivity contribution in [2.45, 2.75) is 26.7 Å². The first kappa shape index (κ1) is 21.5. The molecule has 0 N–H and O–H groups in total. The second kappa shape index (κ2) is 9.56. The lowest BCUT2D eigenvalue weighted by atomic mass is 9.98. The van der Waals surface area contributed by atoms with Gasteiger partial charge in [0.05, 0.1) is 24.8 Å². The number of carbonyl (C=O) groups is 3. The highest BCUT2D eigenvalue weighted by Crippen LogP contribution is 2.18. The van der Waals surface area contributed by atoms with E-state index in [1.165, 1.54) is 4.90 Å². The average molecular weight is 412 g/mol. The first-order chi connectivity index (χ1) is 14.4. The molecule has 1 atom stereocenters. The fourth-order valence-electron chi connectivity index (χ4n) is 3.64. The Labute approximate surface area is 176 Å². The molecule has 1 aromatic heterocycles. The van der Waals surface area contributed by atoms with Crippen molar-refractivity contribution in [2.75, 3.05) is 33.3 Å². The van der Waals surface area contributed by atoms with Crippen molar-refractivity contribution in [3.63, 3.8) is 0 Å². The number of ether oxygens (including phenoxy) is 1. The molecule has 160 valence electrons. The van der Waals surface area contributed by atoms with Crippen LogP contribution in [0, 0.1) is 12.8 Å². The van der Waals surface area contributed by atoms with Crippen molar-refractivity contribution in [1.29, 1.82) is 0 Å². The molecule has 2 aromatic rings. The van der Waals surface area contributed by atoms with Crippen molar-refractivity contribution in [1.82, 2.24) is 19.6 Å². The van der Waals surface area contributed by atoms with Gasteiger partial charge in [-0.25, -0.2) is 4.68 Å². The number of hydrogen-bond acceptors (Lipinski definition) is 5. The number of piperidine rings is 1. The number of carbonyl (C=O) groups excluding carboxylic acids is 3. The molecule has 0 radical (unpaired) electrons. The third-order valence-corrected chi connectivity index (χ3v) is 5.22. The van der Waals surface area contributed by atoms with Crippen LogP contribution in [0.3, 0.4) is 0 Å². The van der Waals surface area contributed by atoms with Gasteiger partial charge < -0.3 is 14.5 Å². The van der Waals surface area contributed by atoms with Crippen LogP contribution in [-0.4, -0.2) is 70.7 Å². The Morgan fingerprint density at radius 2 is 1.97 bits per heavy atom. The van der Waals surface area contributed by atoms with Gasteiger partial charge >= 0.3 is 5.97 Å². The number of benzene rings is 1. The molecule has 1 aliphatic heterocycles. The molecule has 8 heteroatoms. The van der Waals surface area contributed by atoms with Crippen LogP contribution in [0.25, 0.3) is 5.69 Å². The normalized spacial score (nSPS) is 16.2. The second-order valence-electron chi connectivity index (χ2n) is 7.51. The van der Waals surface area contributed by atoms with Crippen molar-refractivity contribution in [3.05, 3.63) is 47.8 Å². The fourth-order valence-corrected chi connectivity index (χ4v) is 3.64. The van der Waals surface area contributed by atoms with Gasteiger partial charge in [0.2, 0.25) is 5.91 Å². The Kier molecular flexibility index (Phi) is 6.87. The van der Waals surface area contributed by atoms with Gasteiger partial charge in [-0.2, -0.15) is 5.10 Å². The van der Waals surface area contributed by atoms with Gasteiger partial charge in [0.15, 0.2) is 5.69 Å². The number of amides is 2. The molecule has 0 bridgehead atoms. The topological polar surface area (TPSA) is 84.7 Å². The van der Waals surface area contributed by atoms with E-state index in [4.69, 9.17) is 4.74 Å². The number of aryl methyl sites for hydroxylation is 1. The molecular weight excluding hydrogens is 384 g/mol. The van der Waals surface area contributed by atoms with Gasteiger partial charge in [0.25, 0.3) is 5.91 Å². The van der Waals surface area contributed by atoms with Crippen molar-refractivity contribution in [2.24, 2.45) is 5.92 Å². The van der Waals surface area contributed by atoms with Crippen LogP contribution in [0.1, 0.15) is 35.9 Å². The maximum absolute atomic E-state index is 12.8. The molecule has 2 heterocycles. The number of esters is 1. The number of nitrogens with zero attached hydrogens (tertiary/aromatic N) is 4. The lowest BCUT2D eigenvalue weighted by Gasteiger charge is -2.32. The van der Waals surface area contributed by atoms with E-state index in [1.54, 1.807) is 29.6 Å². The summed E-state index contributed by atoms with van der Waals surface area (Å²) in [6, 6.07) is 11.3. The summed E-state index contributed by atoms with van der Waals surface area (Å²) in [7, 11) is 1.59. The maximum atomic E-state index is 12.8. The quantitative estimate of drug-likeness (QED) is 0.678. The standard InChI is InChI=1S/C22H28N4O4/c1-4-30-22(29)17-9-8-12-25(14-17)20(27)15-24(3)21(28)19-13-16(2)26(23-19)18-10-6-5-7-11-18/h5-7,10-11,13,17H,4,8-9,12,14-15H2,1-3H3. The van der Waals surface area contributed by atoms with Crippen LogP contribution >= 0.6 is 0 Å². The van der Waals surface area contributed by atoms with Crippen molar-refractivity contribution >= 4 is 17.8 Å². The average Bonchev–Trinajstić information content (AvgIpc) is 3.15. The molecule has 0 spiro atoms. The SMILES string of the molecule is CCOC(=O)C1CCCN(C(=O)CN(C)C(=O)c2cc(C)n(-c3ccccc3)n2)C1. The third kappa shape index (κ3) is 4.87. The van der Waals surface area contributed by atoms with Crippen LogP contribution < -0.4 is 0 Å². The molecule has 1 fully saturated rings. The molecule has 0 saturated carbocycles. The minimum absolute atomic E-state index is 0.0639. The van der Waals surface area contributed by atoms with Gasteiger partial charge in [-0.1, -0.05) is 18.2 Å². The molecule has 8 nitrogen and oxygen atoms in total. The fraction of sp³-hybridized carbons (Fsp3) is 0.455. The van der Waals surface area contributed by atoms with Gasteiger partial charge in [-0.15, -0.1) is 0 Å². The van der Waals surface area contributed by atoms with E-state index in [1.807, 2.05) is 37.3 Å². The summed E-state index contributed by atoms with van der Waals surface area (Å²) in [5.41, 5.74) is 1.98. The third-order valence-electron chi connectivity index (χ3n) is 5.22. The molecule has 1 aromatic carbocycles. The Hall–Kier alpha value is -3.16. The number of para-hydroxylation sites is 1. The van der Waals surface area contributed by atoms with E-state index in [9.17, 15) is 14.4 Å². The Balaban J connectivity index is 1.63. The van der Waals surface area contributed by atoms with E-state index >= 15 is 0 Å². The minimum atomic E-state index is -0.319. The van der Waals surface area contributed by atoms with E-state index in [-0.39, 0.29) is 35.9 Å². The lowest BCUT2D eigenvalue weighted by molar-refractivity contribution is -0.151. The van der Waals surface area contributed by atoms with E-state index in [2.05, 4.69) is 5.10 Å². The maximum Gasteiger partial charge on any atom is 0.310 e. The Morgan fingerprint density at radius 3 is 2.67 bits per heavy atom. The molecule has 1 aliphatic rings. The van der Waals surface area contributed by atoms with E-state index in [0.717, 1.165) is 17.8 Å². The van der Waals surface area contributed by atoms with Gasteiger partial charge in [0.1, 0.15) is 0 Å².